The van der Waals surface area contributed by atoms with Crippen LogP contribution in [0, 0.1) is 12.3 Å². The van der Waals surface area contributed by atoms with E-state index in [-0.39, 0.29) is 5.41 Å². The Bertz CT molecular complexity index is 565. The lowest BCUT2D eigenvalue weighted by Crippen LogP contribution is -2.66. The number of aliphatic imine (C=N–C) groups is 1. The van der Waals surface area contributed by atoms with E-state index in [0.29, 0.717) is 30.4 Å². The first-order chi connectivity index (χ1) is 11.7. The van der Waals surface area contributed by atoms with E-state index in [1.54, 1.807) is 14.0 Å². The molecule has 1 aromatic rings. The predicted molar refractivity (Wildman–Crippen MR) is 91.7 cm³/mol. The third-order valence-electron chi connectivity index (χ3n) is 5.46. The van der Waals surface area contributed by atoms with Crippen molar-refractivity contribution in [1.29, 1.82) is 0 Å². The van der Waals surface area contributed by atoms with Crippen LogP contribution in [0.1, 0.15) is 57.2 Å². The molecule has 3 rings (SSSR count). The van der Waals surface area contributed by atoms with E-state index in [9.17, 15) is 0 Å². The van der Waals surface area contributed by atoms with Crippen molar-refractivity contribution in [2.45, 2.75) is 71.1 Å². The molecule has 1 aromatic heterocycles. The zero-order chi connectivity index (χ0) is 17.0. The Labute approximate surface area is 143 Å². The van der Waals surface area contributed by atoms with Crippen LogP contribution >= 0.6 is 0 Å². The van der Waals surface area contributed by atoms with E-state index in [2.05, 4.69) is 32.7 Å². The van der Waals surface area contributed by atoms with Crippen molar-refractivity contribution >= 4 is 5.96 Å². The first kappa shape index (κ1) is 17.2. The molecular weight excluding hydrogens is 306 g/mol. The zero-order valence-corrected chi connectivity index (χ0v) is 15.0. The van der Waals surface area contributed by atoms with Crippen LogP contribution in [0.25, 0.3) is 0 Å². The van der Waals surface area contributed by atoms with Crippen molar-refractivity contribution in [3.63, 3.8) is 0 Å². The van der Waals surface area contributed by atoms with E-state index in [4.69, 9.17) is 9.26 Å². The third-order valence-corrected chi connectivity index (χ3v) is 5.46. The molecule has 2 N–H and O–H groups in total. The quantitative estimate of drug-likeness (QED) is 0.634. The van der Waals surface area contributed by atoms with Gasteiger partial charge in [0.25, 0.3) is 0 Å². The largest absolute Gasteiger partial charge is 0.378 e. The Kier molecular flexibility index (Phi) is 5.38. The molecule has 1 spiro atoms. The molecule has 134 valence electrons. The molecule has 7 nitrogen and oxygen atoms in total. The highest BCUT2D eigenvalue weighted by Gasteiger charge is 2.55. The number of aryl methyl sites for hydroxylation is 1. The molecule has 2 aliphatic carbocycles. The van der Waals surface area contributed by atoms with Crippen LogP contribution in [0.4, 0.5) is 0 Å². The molecule has 2 unspecified atom stereocenters. The van der Waals surface area contributed by atoms with Crippen LogP contribution in [-0.4, -0.2) is 41.9 Å². The second-order valence-corrected chi connectivity index (χ2v) is 6.83. The molecular formula is C17H29N5O2. The monoisotopic (exact) mass is 335 g/mol. The minimum Gasteiger partial charge on any atom is -0.378 e. The minimum absolute atomic E-state index is 0.272. The van der Waals surface area contributed by atoms with Crippen molar-refractivity contribution in [3.8, 4) is 0 Å². The summed E-state index contributed by atoms with van der Waals surface area (Å²) in [6, 6.07) is 0.424. The van der Waals surface area contributed by atoms with Gasteiger partial charge in [-0.05, 0) is 26.2 Å². The number of ether oxygens (including phenoxy) is 1. The first-order valence-electron chi connectivity index (χ1n) is 9.06. The van der Waals surface area contributed by atoms with Gasteiger partial charge in [-0.1, -0.05) is 24.4 Å². The summed E-state index contributed by atoms with van der Waals surface area (Å²) in [6.45, 7) is 5.18. The number of aromatic nitrogens is 2. The van der Waals surface area contributed by atoms with Gasteiger partial charge in [-0.25, -0.2) is 0 Å². The fraction of sp³-hybridized carbons (Fsp3) is 0.824. The molecule has 1 heterocycles. The summed E-state index contributed by atoms with van der Waals surface area (Å²) in [4.78, 5) is 8.56. The lowest BCUT2D eigenvalue weighted by molar-refractivity contribution is -0.145. The van der Waals surface area contributed by atoms with Gasteiger partial charge in [0.05, 0.1) is 12.6 Å². The number of hydrogen-bond donors (Lipinski definition) is 2. The molecule has 2 fully saturated rings. The van der Waals surface area contributed by atoms with Crippen LogP contribution in [-0.2, 0) is 11.3 Å². The highest BCUT2D eigenvalue weighted by molar-refractivity contribution is 5.80. The van der Waals surface area contributed by atoms with Crippen LogP contribution < -0.4 is 10.6 Å². The van der Waals surface area contributed by atoms with Gasteiger partial charge in [-0.2, -0.15) is 4.98 Å². The average Bonchev–Trinajstić information content (AvgIpc) is 3.03. The number of rotatable bonds is 5. The molecule has 2 saturated carbocycles. The second-order valence-electron chi connectivity index (χ2n) is 6.83. The van der Waals surface area contributed by atoms with Gasteiger partial charge in [0.2, 0.25) is 5.89 Å². The van der Waals surface area contributed by atoms with Gasteiger partial charge in [-0.3, -0.25) is 4.99 Å². The van der Waals surface area contributed by atoms with E-state index in [1.807, 2.05) is 0 Å². The summed E-state index contributed by atoms with van der Waals surface area (Å²) >= 11 is 0. The summed E-state index contributed by atoms with van der Waals surface area (Å²) in [7, 11) is 1.79. The highest BCUT2D eigenvalue weighted by atomic mass is 16.5. The molecule has 7 heteroatoms. The standard InChI is InChI=1S/C17H29N5O2/c1-4-23-14-10-13(17(14)8-6-5-7-9-17)21-16(18-3)19-11-15-20-12(2)24-22-15/h13-14H,4-11H2,1-3H3,(H2,18,19,21). The topological polar surface area (TPSA) is 84.6 Å². The third kappa shape index (κ3) is 3.41. The number of hydrogen-bond acceptors (Lipinski definition) is 5. The molecule has 2 atom stereocenters. The van der Waals surface area contributed by atoms with Crippen LogP contribution in [0.2, 0.25) is 0 Å². The SMILES string of the molecule is CCOC1CC(NC(=NC)NCc2noc(C)n2)C12CCCCC2. The first-order valence-corrected chi connectivity index (χ1v) is 9.06. The molecule has 2 aliphatic rings. The fourth-order valence-electron chi connectivity index (χ4n) is 4.20. The van der Waals surface area contributed by atoms with E-state index < -0.39 is 0 Å². The van der Waals surface area contributed by atoms with Crippen LogP contribution in [0.3, 0.4) is 0 Å². The normalized spacial score (nSPS) is 26.2. The molecule has 0 bridgehead atoms. The Balaban J connectivity index is 1.58. The van der Waals surface area contributed by atoms with E-state index >= 15 is 0 Å². The van der Waals surface area contributed by atoms with Crippen molar-refractivity contribution in [2.24, 2.45) is 10.4 Å². The molecule has 0 radical (unpaired) electrons. The number of guanidine groups is 1. The van der Waals surface area contributed by atoms with Crippen LogP contribution in [0.15, 0.2) is 9.52 Å². The Morgan fingerprint density at radius 3 is 2.79 bits per heavy atom. The predicted octanol–water partition coefficient (Wildman–Crippen LogP) is 2.17. The van der Waals surface area contributed by atoms with Gasteiger partial charge >= 0.3 is 0 Å². The summed E-state index contributed by atoms with van der Waals surface area (Å²) in [5, 5.41) is 10.8. The summed E-state index contributed by atoms with van der Waals surface area (Å²) in [5.41, 5.74) is 0.272. The van der Waals surface area contributed by atoms with Crippen molar-refractivity contribution < 1.29 is 9.26 Å². The van der Waals surface area contributed by atoms with Gasteiger partial charge in [0.15, 0.2) is 11.8 Å². The van der Waals surface area contributed by atoms with Crippen LogP contribution in [0.5, 0.6) is 0 Å². The van der Waals surface area contributed by atoms with Crippen molar-refractivity contribution in [1.82, 2.24) is 20.8 Å². The average molecular weight is 335 g/mol. The number of nitrogens with zero attached hydrogens (tertiary/aromatic N) is 3. The Hall–Kier alpha value is -1.63. The highest BCUT2D eigenvalue weighted by Crippen LogP contribution is 2.53. The van der Waals surface area contributed by atoms with Gasteiger partial charge in [-0.15, -0.1) is 0 Å². The maximum atomic E-state index is 6.02. The maximum absolute atomic E-state index is 6.02. The van der Waals surface area contributed by atoms with Gasteiger partial charge in [0.1, 0.15) is 0 Å². The zero-order valence-electron chi connectivity index (χ0n) is 15.0. The number of nitrogens with one attached hydrogen (secondary N) is 2. The van der Waals surface area contributed by atoms with Crippen molar-refractivity contribution in [3.05, 3.63) is 11.7 Å². The summed E-state index contributed by atoms with van der Waals surface area (Å²) < 4.78 is 11.0. The fourth-order valence-corrected chi connectivity index (χ4v) is 4.20. The Morgan fingerprint density at radius 2 is 2.17 bits per heavy atom. The molecule has 0 amide bonds. The molecule has 0 aromatic carbocycles. The Morgan fingerprint density at radius 1 is 1.38 bits per heavy atom. The summed E-state index contributed by atoms with van der Waals surface area (Å²) in [6.07, 6.45) is 7.88. The molecule has 0 saturated heterocycles. The van der Waals surface area contributed by atoms with E-state index in [1.165, 1.54) is 32.1 Å². The van der Waals surface area contributed by atoms with E-state index in [0.717, 1.165) is 19.0 Å². The second kappa shape index (κ2) is 7.51. The summed E-state index contributed by atoms with van der Waals surface area (Å²) in [5.74, 6) is 2.01. The van der Waals surface area contributed by atoms with Gasteiger partial charge < -0.3 is 19.9 Å². The minimum atomic E-state index is 0.272. The lowest BCUT2D eigenvalue weighted by Gasteiger charge is -2.57. The smallest absolute Gasteiger partial charge is 0.223 e. The molecule has 0 aliphatic heterocycles. The maximum Gasteiger partial charge on any atom is 0.223 e. The van der Waals surface area contributed by atoms with Gasteiger partial charge in [0, 0.05) is 32.0 Å². The van der Waals surface area contributed by atoms with Crippen molar-refractivity contribution in [2.75, 3.05) is 13.7 Å². The molecule has 24 heavy (non-hydrogen) atoms. The lowest BCUT2D eigenvalue weighted by atomic mass is 9.55.